The second kappa shape index (κ2) is 4.44. The monoisotopic (exact) mass is 240 g/mol. The predicted molar refractivity (Wildman–Crippen MR) is 66.4 cm³/mol. The average Bonchev–Trinajstić information content (AvgIpc) is 2.77. The van der Waals surface area contributed by atoms with Gasteiger partial charge in [-0.1, -0.05) is 0 Å². The van der Waals surface area contributed by atoms with Crippen molar-refractivity contribution in [2.24, 2.45) is 5.92 Å². The molecule has 1 aromatic heterocycles. The fraction of sp³-hybridized carbons (Fsp3) is 0.727. The van der Waals surface area contributed by atoms with Crippen molar-refractivity contribution in [1.29, 1.82) is 0 Å². The topological polar surface area (TPSA) is 24.9 Å². The average molecular weight is 240 g/mol. The third-order valence-electron chi connectivity index (χ3n) is 3.15. The van der Waals surface area contributed by atoms with Crippen LogP contribution >= 0.6 is 23.1 Å². The van der Waals surface area contributed by atoms with Crippen molar-refractivity contribution in [3.05, 3.63) is 16.6 Å². The van der Waals surface area contributed by atoms with E-state index in [2.05, 4.69) is 27.4 Å². The molecule has 0 spiro atoms. The van der Waals surface area contributed by atoms with Crippen LogP contribution in [0.15, 0.2) is 11.6 Å². The van der Waals surface area contributed by atoms with Crippen LogP contribution in [0, 0.1) is 5.92 Å². The summed E-state index contributed by atoms with van der Waals surface area (Å²) >= 11 is 3.90. The Labute approximate surface area is 98.9 Å². The van der Waals surface area contributed by atoms with Crippen molar-refractivity contribution >= 4 is 23.1 Å². The van der Waals surface area contributed by atoms with Crippen LogP contribution in [0.4, 0.5) is 0 Å². The van der Waals surface area contributed by atoms with Crippen LogP contribution in [0.1, 0.15) is 30.3 Å². The molecule has 1 N–H and O–H groups in total. The maximum Gasteiger partial charge on any atom is 0.110 e. The van der Waals surface area contributed by atoms with Gasteiger partial charge < -0.3 is 5.32 Å². The number of thiazole rings is 1. The number of nitrogens with one attached hydrogen (secondary N) is 1. The van der Waals surface area contributed by atoms with Crippen LogP contribution in [0.3, 0.4) is 0 Å². The Hall–Kier alpha value is -0.0600. The molecule has 2 fully saturated rings. The normalized spacial score (nSPS) is 28.1. The van der Waals surface area contributed by atoms with Crippen LogP contribution in [-0.2, 0) is 0 Å². The fourth-order valence-electron chi connectivity index (χ4n) is 2.12. The van der Waals surface area contributed by atoms with E-state index in [0.717, 1.165) is 12.0 Å². The van der Waals surface area contributed by atoms with Crippen molar-refractivity contribution < 1.29 is 0 Å². The Morgan fingerprint density at radius 2 is 2.33 bits per heavy atom. The van der Waals surface area contributed by atoms with E-state index in [0.29, 0.717) is 6.04 Å². The highest BCUT2D eigenvalue weighted by Crippen LogP contribution is 2.37. The summed E-state index contributed by atoms with van der Waals surface area (Å²) in [5, 5.41) is 7.17. The lowest BCUT2D eigenvalue weighted by Crippen LogP contribution is -2.30. The SMILES string of the molecule is c1csc(C(NC2CC2)C2CCSC2)n1. The zero-order chi connectivity index (χ0) is 10.1. The number of thioether (sulfide) groups is 1. The van der Waals surface area contributed by atoms with Crippen LogP contribution in [0.25, 0.3) is 0 Å². The molecule has 1 saturated heterocycles. The largest absolute Gasteiger partial charge is 0.305 e. The molecule has 2 heterocycles. The second-order valence-electron chi connectivity index (χ2n) is 4.41. The van der Waals surface area contributed by atoms with Crippen LogP contribution in [-0.4, -0.2) is 22.5 Å². The number of rotatable bonds is 4. The summed E-state index contributed by atoms with van der Waals surface area (Å²) in [6.07, 6.45) is 6.02. The number of hydrogen-bond acceptors (Lipinski definition) is 4. The molecule has 0 radical (unpaired) electrons. The molecule has 4 heteroatoms. The van der Waals surface area contributed by atoms with E-state index >= 15 is 0 Å². The minimum Gasteiger partial charge on any atom is -0.305 e. The summed E-state index contributed by atoms with van der Waals surface area (Å²) in [4.78, 5) is 4.49. The van der Waals surface area contributed by atoms with Crippen molar-refractivity contribution in [2.75, 3.05) is 11.5 Å². The molecule has 1 aromatic rings. The van der Waals surface area contributed by atoms with E-state index < -0.39 is 0 Å². The Morgan fingerprint density at radius 1 is 1.40 bits per heavy atom. The molecule has 1 saturated carbocycles. The molecule has 0 amide bonds. The van der Waals surface area contributed by atoms with Crippen molar-refractivity contribution in [2.45, 2.75) is 31.3 Å². The molecule has 82 valence electrons. The molecule has 0 aromatic carbocycles. The maximum atomic E-state index is 4.49. The van der Waals surface area contributed by atoms with Gasteiger partial charge in [0.25, 0.3) is 0 Å². The summed E-state index contributed by atoms with van der Waals surface area (Å²) in [5.74, 6) is 3.45. The minimum absolute atomic E-state index is 0.535. The summed E-state index contributed by atoms with van der Waals surface area (Å²) in [7, 11) is 0. The second-order valence-corrected chi connectivity index (χ2v) is 6.49. The first-order chi connectivity index (χ1) is 7.43. The van der Waals surface area contributed by atoms with Gasteiger partial charge >= 0.3 is 0 Å². The lowest BCUT2D eigenvalue weighted by molar-refractivity contribution is 0.389. The number of aromatic nitrogens is 1. The Balaban J connectivity index is 1.74. The first kappa shape index (κ1) is 10.1. The molecule has 2 nitrogen and oxygen atoms in total. The van der Waals surface area contributed by atoms with Gasteiger partial charge in [-0.15, -0.1) is 11.3 Å². The predicted octanol–water partition coefficient (Wildman–Crippen LogP) is 2.69. The molecule has 3 rings (SSSR count). The molecule has 2 atom stereocenters. The van der Waals surface area contributed by atoms with Crippen LogP contribution in [0.5, 0.6) is 0 Å². The van der Waals surface area contributed by atoms with Gasteiger partial charge in [0.05, 0.1) is 6.04 Å². The lowest BCUT2D eigenvalue weighted by Gasteiger charge is -2.22. The quantitative estimate of drug-likeness (QED) is 0.876. The van der Waals surface area contributed by atoms with Gasteiger partial charge in [-0.25, -0.2) is 4.98 Å². The molecule has 1 aliphatic carbocycles. The fourth-order valence-corrected chi connectivity index (χ4v) is 4.20. The number of nitrogens with zero attached hydrogens (tertiary/aromatic N) is 1. The molecular weight excluding hydrogens is 224 g/mol. The van der Waals surface area contributed by atoms with Crippen LogP contribution < -0.4 is 5.32 Å². The van der Waals surface area contributed by atoms with Crippen molar-refractivity contribution in [3.63, 3.8) is 0 Å². The first-order valence-electron chi connectivity index (χ1n) is 5.66. The molecule has 1 aliphatic heterocycles. The zero-order valence-electron chi connectivity index (χ0n) is 8.69. The highest BCUT2D eigenvalue weighted by molar-refractivity contribution is 7.99. The van der Waals surface area contributed by atoms with E-state index in [1.807, 2.05) is 6.20 Å². The highest BCUT2D eigenvalue weighted by atomic mass is 32.2. The Morgan fingerprint density at radius 3 is 2.93 bits per heavy atom. The zero-order valence-corrected chi connectivity index (χ0v) is 10.3. The molecule has 15 heavy (non-hydrogen) atoms. The van der Waals surface area contributed by atoms with E-state index in [1.54, 1.807) is 11.3 Å². The van der Waals surface area contributed by atoms with E-state index in [9.17, 15) is 0 Å². The van der Waals surface area contributed by atoms with Gasteiger partial charge in [0.15, 0.2) is 0 Å². The lowest BCUT2D eigenvalue weighted by atomic mass is 9.99. The van der Waals surface area contributed by atoms with E-state index in [-0.39, 0.29) is 0 Å². The molecule has 2 unspecified atom stereocenters. The maximum absolute atomic E-state index is 4.49. The standard InChI is InChI=1S/C11H16N2S2/c1-2-9(1)13-10(8-3-5-14-7-8)11-12-4-6-15-11/h4,6,8-10,13H,1-3,5,7H2. The Kier molecular flexibility index (Phi) is 2.99. The number of hydrogen-bond donors (Lipinski definition) is 1. The summed E-state index contributed by atoms with van der Waals surface area (Å²) < 4.78 is 0. The van der Waals surface area contributed by atoms with Crippen LogP contribution in [0.2, 0.25) is 0 Å². The van der Waals surface area contributed by atoms with E-state index in [4.69, 9.17) is 0 Å². The van der Waals surface area contributed by atoms with Gasteiger partial charge in [0.2, 0.25) is 0 Å². The molecular formula is C11H16N2S2. The third kappa shape index (κ3) is 2.37. The smallest absolute Gasteiger partial charge is 0.110 e. The van der Waals surface area contributed by atoms with Gasteiger partial charge in [-0.05, 0) is 36.7 Å². The highest BCUT2D eigenvalue weighted by Gasteiger charge is 2.33. The molecule has 0 bridgehead atoms. The Bertz CT molecular complexity index is 302. The molecule has 2 aliphatic rings. The minimum atomic E-state index is 0.535. The first-order valence-corrected chi connectivity index (χ1v) is 7.70. The van der Waals surface area contributed by atoms with Crippen molar-refractivity contribution in [3.8, 4) is 0 Å². The van der Waals surface area contributed by atoms with Gasteiger partial charge in [0, 0.05) is 17.6 Å². The van der Waals surface area contributed by atoms with E-state index in [1.165, 1.54) is 35.8 Å². The third-order valence-corrected chi connectivity index (χ3v) is 5.19. The van der Waals surface area contributed by atoms with Gasteiger partial charge in [0.1, 0.15) is 5.01 Å². The summed E-state index contributed by atoms with van der Waals surface area (Å²) in [6.45, 7) is 0. The van der Waals surface area contributed by atoms with Gasteiger partial charge in [-0.3, -0.25) is 0 Å². The summed E-state index contributed by atoms with van der Waals surface area (Å²) in [5.41, 5.74) is 0. The van der Waals surface area contributed by atoms with Gasteiger partial charge in [-0.2, -0.15) is 11.8 Å². The van der Waals surface area contributed by atoms with Crippen molar-refractivity contribution in [1.82, 2.24) is 10.3 Å². The summed E-state index contributed by atoms with van der Waals surface area (Å²) in [6, 6.07) is 1.32.